The summed E-state index contributed by atoms with van der Waals surface area (Å²) in [7, 11) is -0.277. The fourth-order valence-electron chi connectivity index (χ4n) is 2.37. The molecule has 4 heteroatoms. The van der Waals surface area contributed by atoms with Gasteiger partial charge in [-0.25, -0.2) is 0 Å². The second-order valence-corrected chi connectivity index (χ2v) is 8.10. The third kappa shape index (κ3) is 3.79. The lowest BCUT2D eigenvalue weighted by atomic mass is 10.3. The SMILES string of the molecule is C=CP(=O)(CCN1CCN(C)CC1)c1ccccc1. The van der Waals surface area contributed by atoms with Gasteiger partial charge < -0.3 is 14.4 Å². The van der Waals surface area contributed by atoms with Crippen molar-refractivity contribution in [2.45, 2.75) is 0 Å². The second-order valence-electron chi connectivity index (χ2n) is 5.18. The maximum Gasteiger partial charge on any atom is 0.137 e. The standard InChI is InChI=1S/C15H23N2OP/c1-3-19(18,15-7-5-4-6-8-15)14-13-17-11-9-16(2)10-12-17/h3-8H,1,9-14H2,2H3. The quantitative estimate of drug-likeness (QED) is 0.770. The zero-order chi connectivity index (χ0) is 13.7. The minimum absolute atomic E-state index is 0.699. The van der Waals surface area contributed by atoms with Gasteiger partial charge in [-0.05, 0) is 12.9 Å². The Morgan fingerprint density at radius 2 is 1.84 bits per heavy atom. The molecule has 1 unspecified atom stereocenters. The third-order valence-corrected chi connectivity index (χ3v) is 6.46. The molecule has 1 aliphatic heterocycles. The summed E-state index contributed by atoms with van der Waals surface area (Å²) in [6.45, 7) is 9.04. The van der Waals surface area contributed by atoms with Crippen molar-refractivity contribution in [1.29, 1.82) is 0 Å². The van der Waals surface area contributed by atoms with Crippen LogP contribution in [0.1, 0.15) is 0 Å². The fourth-order valence-corrected chi connectivity index (χ4v) is 4.28. The molecule has 1 aromatic carbocycles. The summed E-state index contributed by atoms with van der Waals surface area (Å²) in [5.41, 5.74) is 0. The molecule has 1 fully saturated rings. The van der Waals surface area contributed by atoms with Gasteiger partial charge in [0, 0.05) is 44.2 Å². The van der Waals surface area contributed by atoms with E-state index < -0.39 is 7.14 Å². The molecule has 1 heterocycles. The van der Waals surface area contributed by atoms with E-state index in [0.29, 0.717) is 6.16 Å². The maximum absolute atomic E-state index is 12.9. The summed E-state index contributed by atoms with van der Waals surface area (Å²) in [5.74, 6) is 1.67. The van der Waals surface area contributed by atoms with E-state index in [1.165, 1.54) is 0 Å². The Morgan fingerprint density at radius 3 is 2.42 bits per heavy atom. The van der Waals surface area contributed by atoms with Crippen molar-refractivity contribution < 1.29 is 4.57 Å². The van der Waals surface area contributed by atoms with Gasteiger partial charge in [0.15, 0.2) is 0 Å². The molecule has 104 valence electrons. The van der Waals surface area contributed by atoms with Crippen molar-refractivity contribution in [2.24, 2.45) is 0 Å². The average Bonchev–Trinajstić information content (AvgIpc) is 2.47. The van der Waals surface area contributed by atoms with Gasteiger partial charge in [0.25, 0.3) is 0 Å². The Hall–Kier alpha value is -0.890. The highest BCUT2D eigenvalue weighted by Gasteiger charge is 2.22. The number of hydrogen-bond acceptors (Lipinski definition) is 3. The van der Waals surface area contributed by atoms with E-state index in [1.807, 2.05) is 30.3 Å². The minimum atomic E-state index is -2.43. The van der Waals surface area contributed by atoms with Crippen LogP contribution in [0.25, 0.3) is 0 Å². The smallest absolute Gasteiger partial charge is 0.137 e. The molecule has 2 rings (SSSR count). The van der Waals surface area contributed by atoms with Gasteiger partial charge in [-0.15, -0.1) is 0 Å². The average molecular weight is 278 g/mol. The van der Waals surface area contributed by atoms with Crippen molar-refractivity contribution in [3.05, 3.63) is 42.7 Å². The minimum Gasteiger partial charge on any atom is -0.314 e. The van der Waals surface area contributed by atoms with Crippen LogP contribution in [-0.2, 0) is 4.57 Å². The predicted octanol–water partition coefficient (Wildman–Crippen LogP) is 2.07. The molecule has 0 aromatic heterocycles. The van der Waals surface area contributed by atoms with Crippen LogP contribution >= 0.6 is 7.14 Å². The largest absolute Gasteiger partial charge is 0.314 e. The lowest BCUT2D eigenvalue weighted by Crippen LogP contribution is -2.45. The molecule has 0 amide bonds. The van der Waals surface area contributed by atoms with Gasteiger partial charge in [-0.2, -0.15) is 0 Å². The molecule has 0 saturated carbocycles. The number of likely N-dealkylation sites (N-methyl/N-ethyl adjacent to an activating group) is 1. The van der Waals surface area contributed by atoms with Crippen LogP contribution in [0.15, 0.2) is 42.7 Å². The summed E-state index contributed by atoms with van der Waals surface area (Å²) >= 11 is 0. The molecule has 0 spiro atoms. The lowest BCUT2D eigenvalue weighted by molar-refractivity contribution is 0.161. The summed E-state index contributed by atoms with van der Waals surface area (Å²) in [4.78, 5) is 4.74. The second kappa shape index (κ2) is 6.51. The molecular formula is C15H23N2OP. The first-order valence-corrected chi connectivity index (χ1v) is 8.79. The summed E-state index contributed by atoms with van der Waals surface area (Å²) in [6.07, 6.45) is 0.699. The predicted molar refractivity (Wildman–Crippen MR) is 82.7 cm³/mol. The molecule has 19 heavy (non-hydrogen) atoms. The molecule has 0 N–H and O–H groups in total. The van der Waals surface area contributed by atoms with Crippen LogP contribution in [0.3, 0.4) is 0 Å². The van der Waals surface area contributed by atoms with E-state index in [-0.39, 0.29) is 0 Å². The van der Waals surface area contributed by atoms with Crippen LogP contribution in [0, 0.1) is 0 Å². The van der Waals surface area contributed by atoms with Crippen molar-refractivity contribution in [3.63, 3.8) is 0 Å². The summed E-state index contributed by atoms with van der Waals surface area (Å²) in [6, 6.07) is 9.75. The molecule has 0 radical (unpaired) electrons. The fraction of sp³-hybridized carbons (Fsp3) is 0.467. The Bertz CT molecular complexity index is 452. The molecule has 1 saturated heterocycles. The number of rotatable bonds is 5. The van der Waals surface area contributed by atoms with Crippen LogP contribution in [0.4, 0.5) is 0 Å². The van der Waals surface area contributed by atoms with Crippen molar-refractivity contribution in [3.8, 4) is 0 Å². The lowest BCUT2D eigenvalue weighted by Gasteiger charge is -2.33. The monoisotopic (exact) mass is 278 g/mol. The van der Waals surface area contributed by atoms with Crippen LogP contribution in [0.2, 0.25) is 0 Å². The summed E-state index contributed by atoms with van der Waals surface area (Å²) in [5, 5.41) is 0.930. The first kappa shape index (κ1) is 14.5. The Balaban J connectivity index is 1.96. The van der Waals surface area contributed by atoms with Crippen molar-refractivity contribution >= 4 is 12.4 Å². The molecule has 3 nitrogen and oxygen atoms in total. The number of nitrogens with zero attached hydrogens (tertiary/aromatic N) is 2. The Kier molecular flexibility index (Phi) is 4.98. The molecular weight excluding hydrogens is 255 g/mol. The molecule has 1 atom stereocenters. The highest BCUT2D eigenvalue weighted by molar-refractivity contribution is 7.74. The third-order valence-electron chi connectivity index (χ3n) is 3.83. The molecule has 1 aromatic rings. The van der Waals surface area contributed by atoms with E-state index >= 15 is 0 Å². The van der Waals surface area contributed by atoms with Gasteiger partial charge >= 0.3 is 0 Å². The van der Waals surface area contributed by atoms with Gasteiger partial charge in [0.05, 0.1) is 0 Å². The van der Waals surface area contributed by atoms with Crippen LogP contribution in [-0.4, -0.2) is 55.7 Å². The molecule has 0 bridgehead atoms. The topological polar surface area (TPSA) is 23.6 Å². The zero-order valence-electron chi connectivity index (χ0n) is 11.7. The molecule has 0 aliphatic carbocycles. The Morgan fingerprint density at radius 1 is 1.21 bits per heavy atom. The Labute approximate surface area is 116 Å². The number of hydrogen-bond donors (Lipinski definition) is 0. The van der Waals surface area contributed by atoms with E-state index in [2.05, 4.69) is 23.4 Å². The number of piperazine rings is 1. The highest BCUT2D eigenvalue weighted by Crippen LogP contribution is 2.45. The van der Waals surface area contributed by atoms with E-state index in [9.17, 15) is 4.57 Å². The zero-order valence-corrected chi connectivity index (χ0v) is 12.6. The van der Waals surface area contributed by atoms with Gasteiger partial charge in [-0.3, -0.25) is 0 Å². The number of benzene rings is 1. The van der Waals surface area contributed by atoms with Crippen molar-refractivity contribution in [1.82, 2.24) is 9.80 Å². The maximum atomic E-state index is 12.9. The van der Waals surface area contributed by atoms with Gasteiger partial charge in [-0.1, -0.05) is 36.9 Å². The first-order valence-electron chi connectivity index (χ1n) is 6.83. The first-order chi connectivity index (χ1) is 9.14. The van der Waals surface area contributed by atoms with E-state index in [4.69, 9.17) is 0 Å². The van der Waals surface area contributed by atoms with Crippen LogP contribution < -0.4 is 5.30 Å². The normalized spacial score (nSPS) is 20.9. The highest BCUT2D eigenvalue weighted by atomic mass is 31.2. The van der Waals surface area contributed by atoms with E-state index in [1.54, 1.807) is 5.82 Å². The van der Waals surface area contributed by atoms with Crippen LogP contribution in [0.5, 0.6) is 0 Å². The van der Waals surface area contributed by atoms with Crippen molar-refractivity contribution in [2.75, 3.05) is 45.9 Å². The van der Waals surface area contributed by atoms with E-state index in [0.717, 1.165) is 38.0 Å². The van der Waals surface area contributed by atoms with Gasteiger partial charge in [0.1, 0.15) is 7.14 Å². The molecule has 1 aliphatic rings. The van der Waals surface area contributed by atoms with Gasteiger partial charge in [0.2, 0.25) is 0 Å². The summed E-state index contributed by atoms with van der Waals surface area (Å²) < 4.78 is 12.9.